The lowest BCUT2D eigenvalue weighted by atomic mass is 9.68. The van der Waals surface area contributed by atoms with Crippen molar-refractivity contribution in [3.63, 3.8) is 0 Å². The molecule has 0 aromatic carbocycles. The van der Waals surface area contributed by atoms with Crippen molar-refractivity contribution in [2.24, 2.45) is 5.41 Å². The average molecular weight is 183 g/mol. The highest BCUT2D eigenvalue weighted by Gasteiger charge is 2.32. The van der Waals surface area contributed by atoms with E-state index in [1.807, 2.05) is 0 Å². The van der Waals surface area contributed by atoms with Gasteiger partial charge in [0.2, 0.25) is 0 Å². The van der Waals surface area contributed by atoms with Crippen molar-refractivity contribution in [3.8, 4) is 0 Å². The van der Waals surface area contributed by atoms with Gasteiger partial charge in [-0.05, 0) is 44.6 Å². The summed E-state index contributed by atoms with van der Waals surface area (Å²) < 4.78 is 0. The Bertz CT molecular complexity index is 134. The van der Waals surface area contributed by atoms with Gasteiger partial charge >= 0.3 is 0 Å². The van der Waals surface area contributed by atoms with Gasteiger partial charge in [-0.15, -0.1) is 0 Å². The quantitative estimate of drug-likeness (QED) is 0.705. The molecule has 1 aliphatic rings. The molecule has 0 aromatic heterocycles. The van der Waals surface area contributed by atoms with Crippen molar-refractivity contribution < 1.29 is 0 Å². The fraction of sp³-hybridized carbons (Fsp3) is 1.00. The molecule has 1 heteroatoms. The Kier molecular flexibility index (Phi) is 4.24. The van der Waals surface area contributed by atoms with Crippen LogP contribution in [0.5, 0.6) is 0 Å². The Balaban J connectivity index is 2.42. The summed E-state index contributed by atoms with van der Waals surface area (Å²) in [4.78, 5) is 0. The van der Waals surface area contributed by atoms with Crippen LogP contribution >= 0.6 is 0 Å². The van der Waals surface area contributed by atoms with E-state index < -0.39 is 0 Å². The van der Waals surface area contributed by atoms with Crippen molar-refractivity contribution in [2.75, 3.05) is 7.05 Å². The molecule has 0 bridgehead atoms. The van der Waals surface area contributed by atoms with E-state index in [1.54, 1.807) is 0 Å². The SMILES string of the molecule is CCCC1(CC)CCC(NC)CC1. The van der Waals surface area contributed by atoms with Crippen molar-refractivity contribution in [2.45, 2.75) is 64.8 Å². The van der Waals surface area contributed by atoms with E-state index in [1.165, 1.54) is 44.9 Å². The van der Waals surface area contributed by atoms with E-state index >= 15 is 0 Å². The lowest BCUT2D eigenvalue weighted by molar-refractivity contribution is 0.143. The van der Waals surface area contributed by atoms with Crippen molar-refractivity contribution in [1.29, 1.82) is 0 Å². The second-order valence-corrected chi connectivity index (χ2v) is 4.67. The van der Waals surface area contributed by atoms with Crippen LogP contribution in [0.2, 0.25) is 0 Å². The highest BCUT2D eigenvalue weighted by atomic mass is 14.9. The zero-order valence-corrected chi connectivity index (χ0v) is 9.53. The standard InChI is InChI=1S/C12H25N/c1-4-8-12(5-2)9-6-11(13-3)7-10-12/h11,13H,4-10H2,1-3H3. The van der Waals surface area contributed by atoms with Gasteiger partial charge in [0.15, 0.2) is 0 Å². The molecule has 0 radical (unpaired) electrons. The minimum Gasteiger partial charge on any atom is -0.317 e. The topological polar surface area (TPSA) is 12.0 Å². The summed E-state index contributed by atoms with van der Waals surface area (Å²) in [6, 6.07) is 0.802. The van der Waals surface area contributed by atoms with Gasteiger partial charge in [0.25, 0.3) is 0 Å². The molecule has 0 aliphatic heterocycles. The summed E-state index contributed by atoms with van der Waals surface area (Å²) in [5.74, 6) is 0. The van der Waals surface area contributed by atoms with Gasteiger partial charge in [0, 0.05) is 6.04 Å². The Morgan fingerprint density at radius 1 is 1.23 bits per heavy atom. The normalized spacial score (nSPS) is 34.8. The number of nitrogens with one attached hydrogen (secondary N) is 1. The molecule has 0 saturated heterocycles. The average Bonchev–Trinajstić information content (AvgIpc) is 2.19. The third kappa shape index (κ3) is 2.70. The van der Waals surface area contributed by atoms with E-state index in [0.717, 1.165) is 6.04 Å². The number of hydrogen-bond donors (Lipinski definition) is 1. The van der Waals surface area contributed by atoms with E-state index in [-0.39, 0.29) is 0 Å². The highest BCUT2D eigenvalue weighted by molar-refractivity contribution is 4.86. The summed E-state index contributed by atoms with van der Waals surface area (Å²) in [6.07, 6.45) is 9.87. The first kappa shape index (κ1) is 11.0. The van der Waals surface area contributed by atoms with Crippen LogP contribution in [0.25, 0.3) is 0 Å². The molecule has 0 spiro atoms. The zero-order chi connectivity index (χ0) is 9.73. The molecule has 1 fully saturated rings. The molecular formula is C12H25N. The predicted molar refractivity (Wildman–Crippen MR) is 58.9 cm³/mol. The summed E-state index contributed by atoms with van der Waals surface area (Å²) in [7, 11) is 2.10. The van der Waals surface area contributed by atoms with Gasteiger partial charge in [-0.25, -0.2) is 0 Å². The molecule has 0 unspecified atom stereocenters. The molecule has 0 amide bonds. The Labute approximate surface area is 83.3 Å². The first-order chi connectivity index (χ1) is 6.26. The van der Waals surface area contributed by atoms with Crippen LogP contribution < -0.4 is 5.32 Å². The van der Waals surface area contributed by atoms with Crippen LogP contribution in [0.15, 0.2) is 0 Å². The summed E-state index contributed by atoms with van der Waals surface area (Å²) in [5.41, 5.74) is 0.710. The Morgan fingerprint density at radius 2 is 1.85 bits per heavy atom. The third-order valence-corrected chi connectivity index (χ3v) is 3.98. The van der Waals surface area contributed by atoms with Crippen LogP contribution in [0.1, 0.15) is 58.8 Å². The van der Waals surface area contributed by atoms with E-state index in [2.05, 4.69) is 26.2 Å². The van der Waals surface area contributed by atoms with Crippen molar-refractivity contribution in [1.82, 2.24) is 5.32 Å². The van der Waals surface area contributed by atoms with Gasteiger partial charge < -0.3 is 5.32 Å². The third-order valence-electron chi connectivity index (χ3n) is 3.98. The molecule has 1 saturated carbocycles. The largest absolute Gasteiger partial charge is 0.317 e. The van der Waals surface area contributed by atoms with Gasteiger partial charge in [0.05, 0.1) is 0 Å². The molecule has 13 heavy (non-hydrogen) atoms. The highest BCUT2D eigenvalue weighted by Crippen LogP contribution is 2.42. The minimum atomic E-state index is 0.710. The molecule has 1 rings (SSSR count). The maximum atomic E-state index is 3.41. The maximum absolute atomic E-state index is 3.41. The Morgan fingerprint density at radius 3 is 2.23 bits per heavy atom. The van der Waals surface area contributed by atoms with E-state index in [9.17, 15) is 0 Å². The van der Waals surface area contributed by atoms with Crippen molar-refractivity contribution in [3.05, 3.63) is 0 Å². The number of hydrogen-bond acceptors (Lipinski definition) is 1. The van der Waals surface area contributed by atoms with Crippen LogP contribution in [-0.2, 0) is 0 Å². The molecule has 0 heterocycles. The second kappa shape index (κ2) is 4.99. The minimum absolute atomic E-state index is 0.710. The lowest BCUT2D eigenvalue weighted by Crippen LogP contribution is -2.35. The van der Waals surface area contributed by atoms with Gasteiger partial charge in [-0.3, -0.25) is 0 Å². The molecule has 0 aromatic rings. The van der Waals surface area contributed by atoms with Gasteiger partial charge in [-0.1, -0.05) is 26.7 Å². The van der Waals surface area contributed by atoms with Crippen LogP contribution in [0.4, 0.5) is 0 Å². The van der Waals surface area contributed by atoms with Gasteiger partial charge in [0.1, 0.15) is 0 Å². The van der Waals surface area contributed by atoms with Crippen LogP contribution in [0.3, 0.4) is 0 Å². The molecular weight excluding hydrogens is 158 g/mol. The molecule has 1 aliphatic carbocycles. The molecule has 1 N–H and O–H groups in total. The first-order valence-electron chi connectivity index (χ1n) is 5.93. The zero-order valence-electron chi connectivity index (χ0n) is 9.53. The maximum Gasteiger partial charge on any atom is 0.00644 e. The second-order valence-electron chi connectivity index (χ2n) is 4.67. The van der Waals surface area contributed by atoms with Crippen LogP contribution in [0, 0.1) is 5.41 Å². The fourth-order valence-corrected chi connectivity index (χ4v) is 2.83. The van der Waals surface area contributed by atoms with Crippen LogP contribution in [-0.4, -0.2) is 13.1 Å². The first-order valence-corrected chi connectivity index (χ1v) is 5.93. The van der Waals surface area contributed by atoms with Gasteiger partial charge in [-0.2, -0.15) is 0 Å². The lowest BCUT2D eigenvalue weighted by Gasteiger charge is -2.39. The van der Waals surface area contributed by atoms with Crippen molar-refractivity contribution >= 4 is 0 Å². The Hall–Kier alpha value is -0.0400. The molecule has 0 atom stereocenters. The summed E-state index contributed by atoms with van der Waals surface area (Å²) >= 11 is 0. The monoisotopic (exact) mass is 183 g/mol. The smallest absolute Gasteiger partial charge is 0.00644 e. The van der Waals surface area contributed by atoms with E-state index in [0.29, 0.717) is 5.41 Å². The fourth-order valence-electron chi connectivity index (χ4n) is 2.83. The number of rotatable bonds is 4. The predicted octanol–water partition coefficient (Wildman–Crippen LogP) is 3.34. The molecule has 78 valence electrons. The van der Waals surface area contributed by atoms with E-state index in [4.69, 9.17) is 0 Å². The summed E-state index contributed by atoms with van der Waals surface area (Å²) in [6.45, 7) is 4.69. The summed E-state index contributed by atoms with van der Waals surface area (Å²) in [5, 5.41) is 3.41. The molecule has 1 nitrogen and oxygen atoms in total.